The molecule has 0 spiro atoms. The maximum absolute atomic E-state index is 5.10. The van der Waals surface area contributed by atoms with Crippen LogP contribution in [0.3, 0.4) is 0 Å². The lowest BCUT2D eigenvalue weighted by atomic mass is 9.67. The van der Waals surface area contributed by atoms with E-state index in [0.29, 0.717) is 17.5 Å². The summed E-state index contributed by atoms with van der Waals surface area (Å²) in [6, 6.07) is 84.2. The zero-order chi connectivity index (χ0) is 40.6. The highest BCUT2D eigenvalue weighted by molar-refractivity contribution is 5.86. The van der Waals surface area contributed by atoms with Crippen molar-refractivity contribution in [3.63, 3.8) is 0 Å². The Morgan fingerprint density at radius 3 is 1.10 bits per heavy atom. The van der Waals surface area contributed by atoms with Crippen LogP contribution in [0.1, 0.15) is 22.3 Å². The first-order chi connectivity index (χ1) is 30.2. The molecule has 0 saturated carbocycles. The zero-order valence-electron chi connectivity index (χ0n) is 33.4. The summed E-state index contributed by atoms with van der Waals surface area (Å²) in [4.78, 5) is 15.2. The number of nitrogens with zero attached hydrogens (tertiary/aromatic N) is 3. The fraction of sp³-hybridized carbons (Fsp3) is 0.0172. The largest absolute Gasteiger partial charge is 0.208 e. The van der Waals surface area contributed by atoms with Crippen molar-refractivity contribution >= 4 is 0 Å². The quantitative estimate of drug-likeness (QED) is 0.154. The number of hydrogen-bond acceptors (Lipinski definition) is 3. The van der Waals surface area contributed by atoms with E-state index in [2.05, 4.69) is 200 Å². The summed E-state index contributed by atoms with van der Waals surface area (Å²) in [6.45, 7) is 0. The number of aromatic nitrogens is 3. The van der Waals surface area contributed by atoms with Gasteiger partial charge in [0.15, 0.2) is 17.5 Å². The minimum Gasteiger partial charge on any atom is -0.208 e. The first-order valence-electron chi connectivity index (χ1n) is 20.8. The van der Waals surface area contributed by atoms with Gasteiger partial charge in [-0.05, 0) is 72.8 Å². The maximum atomic E-state index is 5.10. The molecule has 3 heteroatoms. The highest BCUT2D eigenvalue weighted by atomic mass is 15.0. The lowest BCUT2D eigenvalue weighted by Crippen LogP contribution is -2.28. The molecule has 0 saturated heterocycles. The summed E-state index contributed by atoms with van der Waals surface area (Å²) in [7, 11) is 0. The second-order valence-electron chi connectivity index (χ2n) is 15.6. The average Bonchev–Trinajstić information content (AvgIpc) is 3.66. The van der Waals surface area contributed by atoms with Crippen molar-refractivity contribution in [3.05, 3.63) is 259 Å². The van der Waals surface area contributed by atoms with Crippen LogP contribution in [0.25, 0.3) is 78.7 Å². The van der Waals surface area contributed by atoms with E-state index >= 15 is 0 Å². The molecule has 0 unspecified atom stereocenters. The molecule has 1 heterocycles. The molecule has 0 N–H and O–H groups in total. The molecule has 1 aromatic heterocycles. The molecule has 11 rings (SSSR count). The van der Waals surface area contributed by atoms with Gasteiger partial charge in [-0.2, -0.15) is 0 Å². The Balaban J connectivity index is 0.936. The van der Waals surface area contributed by atoms with Gasteiger partial charge in [-0.15, -0.1) is 0 Å². The predicted octanol–water partition coefficient (Wildman–Crippen LogP) is 14.2. The van der Waals surface area contributed by atoms with Crippen LogP contribution in [-0.4, -0.2) is 15.0 Å². The monoisotopic (exact) mass is 777 g/mol. The van der Waals surface area contributed by atoms with Crippen LogP contribution in [-0.2, 0) is 5.41 Å². The normalized spacial score (nSPS) is 12.4. The van der Waals surface area contributed by atoms with Gasteiger partial charge in [-0.3, -0.25) is 0 Å². The highest BCUT2D eigenvalue weighted by Crippen LogP contribution is 2.56. The Morgan fingerprint density at radius 1 is 0.230 bits per heavy atom. The minimum atomic E-state index is -0.420. The lowest BCUT2D eigenvalue weighted by Gasteiger charge is -2.34. The molecule has 0 fully saturated rings. The molecule has 10 aromatic rings. The fourth-order valence-electron chi connectivity index (χ4n) is 9.11. The SMILES string of the molecule is c1ccc(-c2ccc(-c3cccc(-c4nc(-c5ccccc5)nc(-c5ccc(-c6ccc(C7(c8ccccc8)c8ccccc8-c8ccccc87)cc6)cc5)n4)c3)cc2)cc1. The summed E-state index contributed by atoms with van der Waals surface area (Å²) < 4.78 is 0. The van der Waals surface area contributed by atoms with Gasteiger partial charge in [0.1, 0.15) is 0 Å². The van der Waals surface area contributed by atoms with Gasteiger partial charge >= 0.3 is 0 Å². The van der Waals surface area contributed by atoms with Gasteiger partial charge < -0.3 is 0 Å². The van der Waals surface area contributed by atoms with Crippen LogP contribution >= 0.6 is 0 Å². The van der Waals surface area contributed by atoms with Crippen molar-refractivity contribution in [3.8, 4) is 78.7 Å². The second-order valence-corrected chi connectivity index (χ2v) is 15.6. The van der Waals surface area contributed by atoms with Crippen LogP contribution in [0, 0.1) is 0 Å². The molecular weight excluding hydrogens is 739 g/mol. The molecule has 3 nitrogen and oxygen atoms in total. The summed E-state index contributed by atoms with van der Waals surface area (Å²) in [6.07, 6.45) is 0. The first-order valence-corrected chi connectivity index (χ1v) is 20.8. The smallest absolute Gasteiger partial charge is 0.164 e. The van der Waals surface area contributed by atoms with E-state index in [1.54, 1.807) is 0 Å². The van der Waals surface area contributed by atoms with Gasteiger partial charge in [0.2, 0.25) is 0 Å². The molecule has 0 radical (unpaired) electrons. The van der Waals surface area contributed by atoms with Crippen LogP contribution in [0.15, 0.2) is 237 Å². The predicted molar refractivity (Wildman–Crippen MR) is 250 cm³/mol. The summed E-state index contributed by atoms with van der Waals surface area (Å²) in [5, 5.41) is 0. The van der Waals surface area contributed by atoms with Crippen LogP contribution in [0.2, 0.25) is 0 Å². The molecular formula is C58H39N3. The molecule has 286 valence electrons. The molecule has 0 aliphatic heterocycles. The van der Waals surface area contributed by atoms with Crippen molar-refractivity contribution in [2.45, 2.75) is 5.41 Å². The van der Waals surface area contributed by atoms with Crippen LogP contribution < -0.4 is 0 Å². The van der Waals surface area contributed by atoms with E-state index in [1.165, 1.54) is 44.5 Å². The molecule has 9 aromatic carbocycles. The Bertz CT molecular complexity index is 3100. The first kappa shape index (κ1) is 36.1. The average molecular weight is 778 g/mol. The van der Waals surface area contributed by atoms with E-state index in [1.807, 2.05) is 36.4 Å². The summed E-state index contributed by atoms with van der Waals surface area (Å²) in [5.74, 6) is 1.90. The van der Waals surface area contributed by atoms with Gasteiger partial charge in [0.25, 0.3) is 0 Å². The molecule has 0 amide bonds. The molecule has 0 atom stereocenters. The zero-order valence-corrected chi connectivity index (χ0v) is 33.4. The van der Waals surface area contributed by atoms with E-state index in [4.69, 9.17) is 15.0 Å². The Morgan fingerprint density at radius 2 is 0.557 bits per heavy atom. The van der Waals surface area contributed by atoms with Crippen molar-refractivity contribution < 1.29 is 0 Å². The van der Waals surface area contributed by atoms with E-state index in [9.17, 15) is 0 Å². The number of rotatable bonds is 8. The van der Waals surface area contributed by atoms with Crippen molar-refractivity contribution in [1.82, 2.24) is 15.0 Å². The van der Waals surface area contributed by atoms with Gasteiger partial charge in [-0.1, -0.05) is 231 Å². The van der Waals surface area contributed by atoms with E-state index in [-0.39, 0.29) is 0 Å². The van der Waals surface area contributed by atoms with Gasteiger partial charge in [0.05, 0.1) is 5.41 Å². The molecule has 0 bridgehead atoms. The topological polar surface area (TPSA) is 38.7 Å². The lowest BCUT2D eigenvalue weighted by molar-refractivity contribution is 0.768. The minimum absolute atomic E-state index is 0.420. The van der Waals surface area contributed by atoms with Crippen molar-refractivity contribution in [1.29, 1.82) is 0 Å². The standard InChI is InChI=1S/C58H39N3/c1-4-15-40(16-5-1)41-27-29-44(30-28-41)47-19-14-20-48(39-47)57-60-55(45-17-6-2-7-18-45)59-56(61-57)46-33-31-42(32-34-46)43-35-37-50(38-36-43)58(49-21-8-3-9-22-49)53-25-12-10-23-51(53)52-24-11-13-26-54(52)58/h1-39H. The Hall–Kier alpha value is -8.01. The second kappa shape index (κ2) is 15.3. The summed E-state index contributed by atoms with van der Waals surface area (Å²) in [5.41, 5.74) is 17.0. The maximum Gasteiger partial charge on any atom is 0.164 e. The molecule has 1 aliphatic rings. The fourth-order valence-corrected chi connectivity index (χ4v) is 9.11. The molecule has 61 heavy (non-hydrogen) atoms. The third-order valence-electron chi connectivity index (χ3n) is 12.1. The Labute approximate surface area is 356 Å². The third-order valence-corrected chi connectivity index (χ3v) is 12.1. The van der Waals surface area contributed by atoms with Crippen molar-refractivity contribution in [2.75, 3.05) is 0 Å². The van der Waals surface area contributed by atoms with E-state index in [0.717, 1.165) is 38.9 Å². The number of hydrogen-bond donors (Lipinski definition) is 0. The van der Waals surface area contributed by atoms with Gasteiger partial charge in [-0.25, -0.2) is 15.0 Å². The number of benzene rings is 9. The highest BCUT2D eigenvalue weighted by Gasteiger charge is 2.45. The van der Waals surface area contributed by atoms with Crippen LogP contribution in [0.4, 0.5) is 0 Å². The molecule has 1 aliphatic carbocycles. The third kappa shape index (κ3) is 6.44. The van der Waals surface area contributed by atoms with Crippen molar-refractivity contribution in [2.24, 2.45) is 0 Å². The van der Waals surface area contributed by atoms with E-state index < -0.39 is 5.41 Å². The van der Waals surface area contributed by atoms with Crippen LogP contribution in [0.5, 0.6) is 0 Å². The number of fused-ring (bicyclic) bond motifs is 3. The summed E-state index contributed by atoms with van der Waals surface area (Å²) >= 11 is 0. The van der Waals surface area contributed by atoms with Gasteiger partial charge in [0, 0.05) is 16.7 Å². The Kier molecular flexibility index (Phi) is 9.05.